The fraction of sp³-hybridized carbons (Fsp3) is 0. The quantitative estimate of drug-likeness (QED) is 0.570. The van der Waals surface area contributed by atoms with E-state index in [1.54, 1.807) is 24.5 Å². The third kappa shape index (κ3) is 1.96. The van der Waals surface area contributed by atoms with Gasteiger partial charge in [0.15, 0.2) is 10.8 Å². The first kappa shape index (κ1) is 13.0. The minimum atomic E-state index is -0.657. The van der Waals surface area contributed by atoms with Crippen molar-refractivity contribution in [3.05, 3.63) is 54.4 Å². The fourth-order valence-electron chi connectivity index (χ4n) is 2.10. The number of halogens is 2. The summed E-state index contributed by atoms with van der Waals surface area (Å²) in [7, 11) is 0. The first-order valence-electron chi connectivity index (χ1n) is 6.31. The molecule has 0 spiro atoms. The molecule has 0 saturated carbocycles. The molecule has 0 bridgehead atoms. The molecule has 3 aromatic heterocycles. The Morgan fingerprint density at radius 3 is 2.41 bits per heavy atom. The Hall–Kier alpha value is -2.74. The highest BCUT2D eigenvalue weighted by molar-refractivity contribution is 7.19. The highest BCUT2D eigenvalue weighted by Gasteiger charge is 2.19. The van der Waals surface area contributed by atoms with Gasteiger partial charge in [0.05, 0.1) is 5.56 Å². The van der Waals surface area contributed by atoms with Gasteiger partial charge in [-0.1, -0.05) is 17.4 Å². The van der Waals surface area contributed by atoms with Gasteiger partial charge < -0.3 is 0 Å². The van der Waals surface area contributed by atoms with Crippen molar-refractivity contribution >= 4 is 16.3 Å². The Balaban J connectivity index is 1.91. The predicted octanol–water partition coefficient (Wildman–Crippen LogP) is 3.19. The monoisotopic (exact) mass is 315 g/mol. The summed E-state index contributed by atoms with van der Waals surface area (Å²) >= 11 is 1.08. The maximum Gasteiger partial charge on any atom is 0.235 e. The van der Waals surface area contributed by atoms with Crippen LogP contribution in [-0.2, 0) is 0 Å². The number of hydrogen-bond acceptors (Lipinski definition) is 5. The van der Waals surface area contributed by atoms with Gasteiger partial charge in [0.1, 0.15) is 11.6 Å². The zero-order valence-electron chi connectivity index (χ0n) is 10.9. The van der Waals surface area contributed by atoms with E-state index in [0.717, 1.165) is 16.9 Å². The van der Waals surface area contributed by atoms with E-state index >= 15 is 0 Å². The molecule has 8 heteroatoms. The van der Waals surface area contributed by atoms with E-state index in [0.29, 0.717) is 10.8 Å². The van der Waals surface area contributed by atoms with Crippen LogP contribution in [-0.4, -0.2) is 24.8 Å². The maximum absolute atomic E-state index is 13.9. The molecule has 108 valence electrons. The molecule has 0 aliphatic carbocycles. The van der Waals surface area contributed by atoms with Crippen molar-refractivity contribution in [1.82, 2.24) is 24.8 Å². The Morgan fingerprint density at radius 2 is 1.68 bits per heavy atom. The largest absolute Gasteiger partial charge is 0.265 e. The molecule has 4 rings (SSSR count). The van der Waals surface area contributed by atoms with E-state index in [4.69, 9.17) is 0 Å². The molecule has 5 nitrogen and oxygen atoms in total. The molecule has 4 aromatic rings. The smallest absolute Gasteiger partial charge is 0.235 e. The van der Waals surface area contributed by atoms with Gasteiger partial charge in [-0.3, -0.25) is 4.98 Å². The van der Waals surface area contributed by atoms with E-state index in [-0.39, 0.29) is 10.6 Å². The van der Waals surface area contributed by atoms with Gasteiger partial charge in [-0.2, -0.15) is 9.61 Å². The molecule has 0 unspecified atom stereocenters. The summed E-state index contributed by atoms with van der Waals surface area (Å²) in [4.78, 5) is 4.40. The van der Waals surface area contributed by atoms with Crippen LogP contribution in [0.5, 0.6) is 0 Å². The molecular weight excluding hydrogens is 308 g/mol. The molecule has 0 aliphatic rings. The molecular formula is C14H7F2N5S. The number of benzene rings is 1. The molecule has 0 atom stereocenters. The molecule has 0 radical (unpaired) electrons. The minimum Gasteiger partial charge on any atom is -0.265 e. The van der Waals surface area contributed by atoms with Crippen LogP contribution in [0.1, 0.15) is 0 Å². The molecule has 0 aliphatic heterocycles. The molecule has 0 fully saturated rings. The third-order valence-electron chi connectivity index (χ3n) is 3.11. The topological polar surface area (TPSA) is 56.0 Å². The summed E-state index contributed by atoms with van der Waals surface area (Å²) in [5.74, 6) is -0.817. The first-order valence-corrected chi connectivity index (χ1v) is 7.13. The lowest BCUT2D eigenvalue weighted by Gasteiger charge is -1.99. The molecule has 1 aromatic carbocycles. The standard InChI is InChI=1S/C14H7F2N5S/c15-9-2-1-3-10(16)11(9)13-20-21-12(18-19-14(21)22-13)8-4-6-17-7-5-8/h1-7H. The number of rotatable bonds is 2. The van der Waals surface area contributed by atoms with Crippen LogP contribution in [0.25, 0.3) is 26.9 Å². The van der Waals surface area contributed by atoms with E-state index in [2.05, 4.69) is 20.3 Å². The van der Waals surface area contributed by atoms with Crippen molar-refractivity contribution < 1.29 is 8.78 Å². The third-order valence-corrected chi connectivity index (χ3v) is 4.02. The van der Waals surface area contributed by atoms with Gasteiger partial charge in [0.25, 0.3) is 0 Å². The van der Waals surface area contributed by atoms with Gasteiger partial charge >= 0.3 is 0 Å². The van der Waals surface area contributed by atoms with Crippen molar-refractivity contribution in [2.75, 3.05) is 0 Å². The lowest BCUT2D eigenvalue weighted by atomic mass is 10.2. The summed E-state index contributed by atoms with van der Waals surface area (Å²) in [6.45, 7) is 0. The lowest BCUT2D eigenvalue weighted by Crippen LogP contribution is -1.93. The van der Waals surface area contributed by atoms with Gasteiger partial charge in [-0.25, -0.2) is 8.78 Å². The minimum absolute atomic E-state index is 0.154. The van der Waals surface area contributed by atoms with Crippen LogP contribution in [0.4, 0.5) is 8.78 Å². The van der Waals surface area contributed by atoms with Gasteiger partial charge in [0, 0.05) is 18.0 Å². The number of pyridine rings is 1. The normalized spacial score (nSPS) is 11.2. The molecule has 0 N–H and O–H groups in total. The second-order valence-electron chi connectivity index (χ2n) is 4.46. The number of nitrogens with zero attached hydrogens (tertiary/aromatic N) is 5. The second-order valence-corrected chi connectivity index (χ2v) is 5.41. The Bertz CT molecular complexity index is 944. The van der Waals surface area contributed by atoms with Crippen LogP contribution in [0.3, 0.4) is 0 Å². The maximum atomic E-state index is 13.9. The van der Waals surface area contributed by atoms with Crippen molar-refractivity contribution in [3.8, 4) is 22.0 Å². The van der Waals surface area contributed by atoms with Crippen molar-refractivity contribution in [2.24, 2.45) is 0 Å². The van der Waals surface area contributed by atoms with Crippen LogP contribution >= 0.6 is 11.3 Å². The van der Waals surface area contributed by atoms with Crippen LogP contribution in [0, 0.1) is 11.6 Å². The van der Waals surface area contributed by atoms with E-state index in [1.165, 1.54) is 22.7 Å². The van der Waals surface area contributed by atoms with E-state index in [9.17, 15) is 8.78 Å². The van der Waals surface area contributed by atoms with E-state index in [1.807, 2.05) is 0 Å². The van der Waals surface area contributed by atoms with Crippen molar-refractivity contribution in [2.45, 2.75) is 0 Å². The Kier molecular flexibility index (Phi) is 2.90. The average Bonchev–Trinajstić information content (AvgIpc) is 3.08. The highest BCUT2D eigenvalue weighted by Crippen LogP contribution is 2.31. The fourth-order valence-corrected chi connectivity index (χ4v) is 2.99. The Labute approximate surface area is 126 Å². The summed E-state index contributed by atoms with van der Waals surface area (Å²) in [5.41, 5.74) is 0.618. The van der Waals surface area contributed by atoms with Gasteiger partial charge in [-0.15, -0.1) is 10.2 Å². The van der Waals surface area contributed by atoms with Crippen molar-refractivity contribution in [3.63, 3.8) is 0 Å². The Morgan fingerprint density at radius 1 is 0.955 bits per heavy atom. The molecule has 0 saturated heterocycles. The SMILES string of the molecule is Fc1cccc(F)c1-c1nn2c(-c3ccncc3)nnc2s1. The summed E-state index contributed by atoms with van der Waals surface area (Å²) in [6, 6.07) is 7.24. The van der Waals surface area contributed by atoms with Gasteiger partial charge in [-0.05, 0) is 24.3 Å². The van der Waals surface area contributed by atoms with Crippen LogP contribution < -0.4 is 0 Å². The molecule has 22 heavy (non-hydrogen) atoms. The zero-order chi connectivity index (χ0) is 15.1. The summed E-state index contributed by atoms with van der Waals surface area (Å²) in [6.07, 6.45) is 3.25. The van der Waals surface area contributed by atoms with Crippen LogP contribution in [0.2, 0.25) is 0 Å². The predicted molar refractivity (Wildman–Crippen MR) is 77.2 cm³/mol. The number of hydrogen-bond donors (Lipinski definition) is 0. The lowest BCUT2D eigenvalue weighted by molar-refractivity contribution is 0.589. The molecule has 0 amide bonds. The summed E-state index contributed by atoms with van der Waals surface area (Å²) < 4.78 is 29.2. The highest BCUT2D eigenvalue weighted by atomic mass is 32.1. The zero-order valence-corrected chi connectivity index (χ0v) is 11.8. The average molecular weight is 315 g/mol. The van der Waals surface area contributed by atoms with Crippen LogP contribution in [0.15, 0.2) is 42.7 Å². The summed E-state index contributed by atoms with van der Waals surface area (Å²) in [5, 5.41) is 12.5. The van der Waals surface area contributed by atoms with Gasteiger partial charge in [0.2, 0.25) is 4.96 Å². The van der Waals surface area contributed by atoms with Crippen molar-refractivity contribution in [1.29, 1.82) is 0 Å². The first-order chi connectivity index (χ1) is 10.7. The number of aromatic nitrogens is 5. The van der Waals surface area contributed by atoms with E-state index < -0.39 is 11.6 Å². The second kappa shape index (κ2) is 4.92. The number of fused-ring (bicyclic) bond motifs is 1. The molecule has 3 heterocycles.